The van der Waals surface area contributed by atoms with Crippen LogP contribution in [0.25, 0.3) is 0 Å². The summed E-state index contributed by atoms with van der Waals surface area (Å²) in [5.41, 5.74) is 7.41. The largest absolute Gasteiger partial charge is 0.493 e. The molecule has 39 heavy (non-hydrogen) atoms. The van der Waals surface area contributed by atoms with E-state index in [2.05, 4.69) is 24.0 Å². The van der Waals surface area contributed by atoms with Crippen LogP contribution in [-0.4, -0.2) is 42.7 Å². The third kappa shape index (κ3) is 14.3. The van der Waals surface area contributed by atoms with Gasteiger partial charge in [0.2, 0.25) is 5.75 Å². The first-order chi connectivity index (χ1) is 18.7. The fourth-order valence-electron chi connectivity index (χ4n) is 2.92. The van der Waals surface area contributed by atoms with Gasteiger partial charge >= 0.3 is 11.9 Å². The monoisotopic (exact) mass is 540 g/mol. The predicted octanol–water partition coefficient (Wildman–Crippen LogP) is 5.29. The summed E-state index contributed by atoms with van der Waals surface area (Å²) in [4.78, 5) is 36.5. The molecule has 9 heteroatoms. The van der Waals surface area contributed by atoms with Crippen molar-refractivity contribution in [2.24, 2.45) is 5.73 Å². The molecule has 0 unspecified atom stereocenters. The Morgan fingerprint density at radius 1 is 1.00 bits per heavy atom. The number of aryl methyl sites for hydroxylation is 1. The Labute approximate surface area is 231 Å². The lowest BCUT2D eigenvalue weighted by Gasteiger charge is -2.12. The summed E-state index contributed by atoms with van der Waals surface area (Å²) in [6.45, 7) is 8.18. The van der Waals surface area contributed by atoms with Crippen molar-refractivity contribution >= 4 is 17.8 Å². The van der Waals surface area contributed by atoms with Crippen molar-refractivity contribution in [1.29, 1.82) is 0 Å². The zero-order chi connectivity index (χ0) is 29.0. The van der Waals surface area contributed by atoms with Crippen LogP contribution in [0.4, 0.5) is 0 Å². The minimum absolute atomic E-state index is 0. The van der Waals surface area contributed by atoms with E-state index in [1.54, 1.807) is 6.92 Å². The second-order valence-electron chi connectivity index (χ2n) is 8.28. The molecule has 0 saturated carbocycles. The number of amides is 1. The van der Waals surface area contributed by atoms with Crippen molar-refractivity contribution in [3.8, 4) is 11.5 Å². The van der Waals surface area contributed by atoms with E-state index in [0.717, 1.165) is 12.0 Å². The number of carbonyl (C=O) groups is 3. The number of nitrogens with zero attached hydrogens (tertiary/aromatic N) is 1. The van der Waals surface area contributed by atoms with Crippen LogP contribution >= 0.6 is 0 Å². The van der Waals surface area contributed by atoms with Gasteiger partial charge in [0, 0.05) is 33.5 Å². The molecule has 0 aliphatic heterocycles. The number of primary amides is 1. The Morgan fingerprint density at radius 3 is 2.10 bits per heavy atom. The van der Waals surface area contributed by atoms with Crippen LogP contribution in [-0.2, 0) is 25.7 Å². The quantitative estimate of drug-likeness (QED) is 0.271. The molecule has 0 spiro atoms. The first-order valence-corrected chi connectivity index (χ1v) is 12.5. The third-order valence-corrected chi connectivity index (χ3v) is 4.91. The smallest absolute Gasteiger partial charge is 0.308 e. The highest BCUT2D eigenvalue weighted by molar-refractivity contribution is 5.95. The van der Waals surface area contributed by atoms with Gasteiger partial charge in [-0.15, -0.1) is 0 Å². The number of rotatable bonds is 10. The lowest BCUT2D eigenvalue weighted by molar-refractivity contribution is -0.148. The van der Waals surface area contributed by atoms with E-state index in [1.807, 2.05) is 55.5 Å². The Bertz CT molecular complexity index is 1150. The Hall–Kier alpha value is -4.24. The zero-order valence-corrected chi connectivity index (χ0v) is 23.2. The van der Waals surface area contributed by atoms with Crippen molar-refractivity contribution in [2.45, 2.75) is 53.2 Å². The van der Waals surface area contributed by atoms with Gasteiger partial charge in [0.05, 0.1) is 20.3 Å². The molecule has 0 aliphatic rings. The van der Waals surface area contributed by atoms with Crippen molar-refractivity contribution in [3.63, 3.8) is 0 Å². The van der Waals surface area contributed by atoms with Gasteiger partial charge in [0.1, 0.15) is 6.10 Å². The number of hydrogen-bond donors (Lipinski definition) is 1. The maximum absolute atomic E-state index is 11.0. The van der Waals surface area contributed by atoms with Gasteiger partial charge in [0.25, 0.3) is 5.91 Å². The number of hydrogen-bond acceptors (Lipinski definition) is 8. The summed E-state index contributed by atoms with van der Waals surface area (Å²) < 4.78 is 20.4. The van der Waals surface area contributed by atoms with Crippen LogP contribution in [0.15, 0.2) is 72.9 Å². The molecule has 2 aromatic carbocycles. The van der Waals surface area contributed by atoms with Crippen LogP contribution in [0.3, 0.4) is 0 Å². The molecule has 3 aromatic rings. The summed E-state index contributed by atoms with van der Waals surface area (Å²) in [6.07, 6.45) is 2.43. The van der Waals surface area contributed by atoms with E-state index in [-0.39, 0.29) is 30.7 Å². The number of aromatic nitrogens is 1. The van der Waals surface area contributed by atoms with Crippen molar-refractivity contribution in [1.82, 2.24) is 4.98 Å². The number of pyridine rings is 1. The molecule has 212 valence electrons. The molecule has 9 nitrogen and oxygen atoms in total. The minimum atomic E-state index is -0.787. The predicted molar refractivity (Wildman–Crippen MR) is 150 cm³/mol. The number of ether oxygens (including phenoxy) is 4. The SMILES string of the molecule is CCC(=O)O[C@@H](C)CCOCc1ccccc1.COc1ccnc(C(N)=O)c1OC(C)=O.Cc1ccccc1.[HH]. The maximum Gasteiger partial charge on any atom is 0.308 e. The summed E-state index contributed by atoms with van der Waals surface area (Å²) >= 11 is 0. The third-order valence-electron chi connectivity index (χ3n) is 4.91. The van der Waals surface area contributed by atoms with Crippen LogP contribution in [0.5, 0.6) is 11.5 Å². The molecule has 1 amide bonds. The van der Waals surface area contributed by atoms with Gasteiger partial charge in [-0.1, -0.05) is 73.2 Å². The standard InChI is InChI=1S/C14H20O3.C9H10N2O4.C7H8.H2/c1-3-14(15)17-12(2)9-10-16-11-13-7-5-4-6-8-13;1-5(12)15-8-6(14-2)3-4-11-7(8)9(10)13;1-7-5-3-2-4-6-7;/h4-8,12H,3,9-11H2,1-2H3;3-4H,1-2H3,(H2,10,13);2-6H,1H3;1H/t12-;;;/m0.../s1. The summed E-state index contributed by atoms with van der Waals surface area (Å²) in [5.74, 6) is -1.34. The molecule has 3 rings (SSSR count). The Kier molecular flexibility index (Phi) is 15.9. The van der Waals surface area contributed by atoms with Gasteiger partial charge in [-0.05, 0) is 19.4 Å². The molecule has 0 aliphatic carbocycles. The molecule has 2 N–H and O–H groups in total. The number of esters is 2. The van der Waals surface area contributed by atoms with Crippen molar-refractivity contribution in [3.05, 3.63) is 89.7 Å². The van der Waals surface area contributed by atoms with E-state index >= 15 is 0 Å². The normalized spacial score (nSPS) is 10.5. The number of carbonyl (C=O) groups excluding carboxylic acids is 3. The van der Waals surface area contributed by atoms with Gasteiger partial charge in [0.15, 0.2) is 11.4 Å². The summed E-state index contributed by atoms with van der Waals surface area (Å²) in [6, 6.07) is 21.7. The average molecular weight is 541 g/mol. The number of nitrogens with two attached hydrogens (primary N) is 1. The van der Waals surface area contributed by atoms with E-state index in [1.165, 1.54) is 31.9 Å². The molecule has 1 heterocycles. The minimum Gasteiger partial charge on any atom is -0.493 e. The lowest BCUT2D eigenvalue weighted by atomic mass is 10.2. The second kappa shape index (κ2) is 18.9. The highest BCUT2D eigenvalue weighted by Crippen LogP contribution is 2.29. The second-order valence-corrected chi connectivity index (χ2v) is 8.28. The Morgan fingerprint density at radius 2 is 1.62 bits per heavy atom. The lowest BCUT2D eigenvalue weighted by Crippen LogP contribution is -2.16. The molecule has 0 fully saturated rings. The number of benzene rings is 2. The molecule has 0 saturated heterocycles. The van der Waals surface area contributed by atoms with Crippen LogP contribution in [0, 0.1) is 6.92 Å². The maximum atomic E-state index is 11.0. The highest BCUT2D eigenvalue weighted by atomic mass is 16.6. The summed E-state index contributed by atoms with van der Waals surface area (Å²) in [7, 11) is 1.38. The summed E-state index contributed by atoms with van der Waals surface area (Å²) in [5, 5.41) is 0. The van der Waals surface area contributed by atoms with E-state index in [4.69, 9.17) is 24.7 Å². The van der Waals surface area contributed by atoms with Gasteiger partial charge in [-0.25, -0.2) is 4.98 Å². The Balaban J connectivity index is 0.000000605. The molecular weight excluding hydrogens is 500 g/mol. The van der Waals surface area contributed by atoms with Gasteiger partial charge in [-0.3, -0.25) is 14.4 Å². The van der Waals surface area contributed by atoms with Crippen LogP contribution in [0.2, 0.25) is 0 Å². The first kappa shape index (κ1) is 32.8. The van der Waals surface area contributed by atoms with E-state index < -0.39 is 11.9 Å². The van der Waals surface area contributed by atoms with Crippen LogP contribution in [0.1, 0.15) is 56.7 Å². The zero-order valence-electron chi connectivity index (χ0n) is 23.2. The highest BCUT2D eigenvalue weighted by Gasteiger charge is 2.18. The van der Waals surface area contributed by atoms with Gasteiger partial charge in [-0.2, -0.15) is 0 Å². The van der Waals surface area contributed by atoms with E-state index in [9.17, 15) is 14.4 Å². The topological polar surface area (TPSA) is 127 Å². The molecular formula is C30H40N2O7. The fourth-order valence-corrected chi connectivity index (χ4v) is 2.92. The number of methoxy groups -OCH3 is 1. The first-order valence-electron chi connectivity index (χ1n) is 12.5. The van der Waals surface area contributed by atoms with Gasteiger partial charge < -0.3 is 24.7 Å². The van der Waals surface area contributed by atoms with Crippen molar-refractivity contribution in [2.75, 3.05) is 13.7 Å². The van der Waals surface area contributed by atoms with Crippen molar-refractivity contribution < 1.29 is 34.8 Å². The van der Waals surface area contributed by atoms with Crippen LogP contribution < -0.4 is 15.2 Å². The molecule has 1 atom stereocenters. The molecule has 1 aromatic heterocycles. The fraction of sp³-hybridized carbons (Fsp3) is 0.333. The van der Waals surface area contributed by atoms with E-state index in [0.29, 0.717) is 19.6 Å². The molecule has 0 bridgehead atoms. The molecule has 0 radical (unpaired) electrons. The average Bonchev–Trinajstić information content (AvgIpc) is 2.92.